The summed E-state index contributed by atoms with van der Waals surface area (Å²) in [5.74, 6) is 3.12. The Morgan fingerprint density at radius 1 is 0.353 bits per heavy atom. The number of hydrogen-bond donors (Lipinski definition) is 0. The smallest absolute Gasteiger partial charge is 0.119 e. The number of methoxy groups -OCH3 is 1. The fourth-order valence-electron chi connectivity index (χ4n) is 16.0. The number of hydrogen-bond acceptors (Lipinski definition) is 3. The molecule has 0 radical (unpaired) electrons. The molecule has 2 aliphatic rings. The van der Waals surface area contributed by atoms with Crippen LogP contribution in [0.4, 0.5) is 5.69 Å². The lowest BCUT2D eigenvalue weighted by atomic mass is 9.81. The van der Waals surface area contributed by atoms with Gasteiger partial charge in [0.25, 0.3) is 0 Å². The summed E-state index contributed by atoms with van der Waals surface area (Å²) in [4.78, 5) is 6.40. The zero-order valence-electron chi connectivity index (χ0n) is 66.0. The van der Waals surface area contributed by atoms with E-state index in [0.717, 1.165) is 29.0 Å². The molecule has 2 fully saturated rings. The standard InChI is InChI=1S/C18H22.C17H20.C16H20.C15H18.C13H15N.C12H12O.C8H11N/c1-13-11-14(2)16-9-6-10-17(18(16)12-13)15-7-4-3-5-8-15;1-12-10-13(2)15-8-5-9-16(17(15)11-12)14-6-3-4-7-14;1-11-9-12(2)13-7-6-8-15(14(13)10-11)16(3,4)5;1-10(2)13-6-5-7-14-12(4)8-11(3)9-15(13)14;1-10-8-11-6-4-5-7-12(11)13(9-10)14(2)3;1-9-7-11(13-2)8-10-5-3-4-6-12(9)10;1-6-4-7(2)9-8(3)5-6/h6,9-12,15H,3-5,7-8H2,1-2H3;5,8-11,14H,3-4,6-7H2,1-2H3;6-10H,1-5H3;5-10H,1-4H3;4-9H,1-3H3;3-8H,1-2H3;4-5H,1-3H3. The molecule has 3 nitrogen and oxygen atoms in total. The second kappa shape index (κ2) is 35.2. The number of rotatable bonds is 5. The third-order valence-electron chi connectivity index (χ3n) is 20.7. The molecule has 12 aromatic carbocycles. The van der Waals surface area contributed by atoms with Crippen LogP contribution in [0.25, 0.3) is 64.6 Å². The predicted molar refractivity (Wildman–Crippen MR) is 450 cm³/mol. The number of aryl methyl sites for hydroxylation is 13. The number of anilines is 1. The Balaban J connectivity index is 0.000000139. The van der Waals surface area contributed by atoms with Crippen molar-refractivity contribution in [2.24, 2.45) is 0 Å². The summed E-state index contributed by atoms with van der Waals surface area (Å²) in [5, 5.41) is 16.7. The van der Waals surface area contributed by atoms with Crippen LogP contribution in [0.3, 0.4) is 0 Å². The van der Waals surface area contributed by atoms with Gasteiger partial charge in [-0.05, 0) is 290 Å². The maximum Gasteiger partial charge on any atom is 0.119 e. The van der Waals surface area contributed by atoms with Crippen LogP contribution in [0.5, 0.6) is 5.75 Å². The highest BCUT2D eigenvalue weighted by molar-refractivity contribution is 5.96. The van der Waals surface area contributed by atoms with Gasteiger partial charge >= 0.3 is 0 Å². The van der Waals surface area contributed by atoms with Gasteiger partial charge in [-0.3, -0.25) is 4.98 Å². The Bertz CT molecular complexity index is 4930. The molecule has 1 heterocycles. The van der Waals surface area contributed by atoms with E-state index in [9.17, 15) is 0 Å². The molecule has 0 saturated heterocycles. The van der Waals surface area contributed by atoms with E-state index < -0.39 is 0 Å². The summed E-state index contributed by atoms with van der Waals surface area (Å²) in [6, 6.07) is 75.0. The molecule has 0 bridgehead atoms. The molecular weight excluding hydrogens is 1230 g/mol. The van der Waals surface area contributed by atoms with E-state index in [0.29, 0.717) is 5.92 Å². The van der Waals surface area contributed by atoms with Gasteiger partial charge in [0.15, 0.2) is 0 Å². The highest BCUT2D eigenvalue weighted by Gasteiger charge is 2.21. The van der Waals surface area contributed by atoms with E-state index in [4.69, 9.17) is 4.74 Å². The van der Waals surface area contributed by atoms with Gasteiger partial charge in [0, 0.05) is 36.6 Å². The first-order chi connectivity index (χ1) is 48.7. The first-order valence-corrected chi connectivity index (χ1v) is 37.8. The van der Waals surface area contributed by atoms with Crippen LogP contribution in [0.1, 0.15) is 205 Å². The molecule has 0 N–H and O–H groups in total. The van der Waals surface area contributed by atoms with Crippen molar-refractivity contribution < 1.29 is 4.74 Å². The highest BCUT2D eigenvalue weighted by Crippen LogP contribution is 2.41. The lowest BCUT2D eigenvalue weighted by molar-refractivity contribution is 0.415. The maximum atomic E-state index is 5.20. The van der Waals surface area contributed by atoms with E-state index in [1.807, 2.05) is 19.9 Å². The number of fused-ring (bicyclic) bond motifs is 6. The zero-order valence-corrected chi connectivity index (χ0v) is 66.0. The topological polar surface area (TPSA) is 25.4 Å². The summed E-state index contributed by atoms with van der Waals surface area (Å²) >= 11 is 0. The third-order valence-corrected chi connectivity index (χ3v) is 20.7. The Kier molecular flexibility index (Phi) is 26.6. The van der Waals surface area contributed by atoms with Gasteiger partial charge in [-0.25, -0.2) is 0 Å². The van der Waals surface area contributed by atoms with Gasteiger partial charge in [0.2, 0.25) is 0 Å². The largest absolute Gasteiger partial charge is 0.497 e. The summed E-state index contributed by atoms with van der Waals surface area (Å²) < 4.78 is 5.20. The molecular formula is C99H118N2O. The van der Waals surface area contributed by atoms with Crippen molar-refractivity contribution in [2.45, 2.75) is 206 Å². The molecule has 1 aromatic heterocycles. The molecule has 2 aliphatic carbocycles. The van der Waals surface area contributed by atoms with Crippen LogP contribution < -0.4 is 9.64 Å². The quantitative estimate of drug-likeness (QED) is 0.172. The first-order valence-electron chi connectivity index (χ1n) is 37.8. The summed E-state index contributed by atoms with van der Waals surface area (Å²) in [7, 11) is 5.87. The maximum absolute atomic E-state index is 5.20. The highest BCUT2D eigenvalue weighted by atomic mass is 16.5. The number of aromatic nitrogens is 1. The minimum absolute atomic E-state index is 0.208. The Labute approximate surface area is 614 Å². The van der Waals surface area contributed by atoms with Crippen molar-refractivity contribution >= 4 is 70.3 Å². The second-order valence-corrected chi connectivity index (χ2v) is 31.3. The Morgan fingerprint density at radius 2 is 0.725 bits per heavy atom. The van der Waals surface area contributed by atoms with Crippen molar-refractivity contribution in [3.05, 3.63) is 301 Å². The van der Waals surface area contributed by atoms with Crippen LogP contribution in [-0.2, 0) is 5.41 Å². The van der Waals surface area contributed by atoms with E-state index >= 15 is 0 Å². The summed E-state index contributed by atoms with van der Waals surface area (Å²) in [5.41, 5.74) is 24.7. The van der Waals surface area contributed by atoms with Gasteiger partial charge in [-0.1, -0.05) is 265 Å². The molecule has 13 aromatic rings. The first kappa shape index (κ1) is 77.1. The molecule has 3 heteroatoms. The second-order valence-electron chi connectivity index (χ2n) is 31.3. The molecule has 0 atom stereocenters. The van der Waals surface area contributed by atoms with Crippen molar-refractivity contribution in [2.75, 3.05) is 26.1 Å². The number of ether oxygens (including phenoxy) is 1. The van der Waals surface area contributed by atoms with Gasteiger partial charge in [0.1, 0.15) is 5.75 Å². The van der Waals surface area contributed by atoms with Crippen molar-refractivity contribution in [3.63, 3.8) is 0 Å². The van der Waals surface area contributed by atoms with Crippen LogP contribution >= 0.6 is 0 Å². The normalized spacial score (nSPS) is 13.0. The molecule has 0 aliphatic heterocycles. The zero-order chi connectivity index (χ0) is 73.5. The van der Waals surface area contributed by atoms with Crippen molar-refractivity contribution in [1.82, 2.24) is 4.98 Å². The molecule has 2 saturated carbocycles. The SMILES string of the molecule is COc1cc(C)c2ccccc2c1.Cc1cc(C)c2cccc(C(C)(C)C)c2c1.Cc1cc(C)c2cccc(C(C)C)c2c1.Cc1cc(C)c2cccc(C3CCCC3)c2c1.Cc1cc(C)c2cccc(C3CCCCC3)c2c1.Cc1cc(C)nc(C)c1.Cc1cc(N(C)C)c2ccccc2c1. The monoisotopic (exact) mass is 1350 g/mol. The summed E-state index contributed by atoms with van der Waals surface area (Å²) in [6.45, 7) is 39.3. The molecule has 0 unspecified atom stereocenters. The lowest BCUT2D eigenvalue weighted by Gasteiger charge is -2.24. The van der Waals surface area contributed by atoms with Crippen LogP contribution in [0, 0.1) is 90.0 Å². The van der Waals surface area contributed by atoms with E-state index in [-0.39, 0.29) is 5.41 Å². The number of nitrogens with zero attached hydrogens (tertiary/aromatic N) is 2. The molecule has 102 heavy (non-hydrogen) atoms. The van der Waals surface area contributed by atoms with E-state index in [2.05, 4.69) is 335 Å². The molecule has 530 valence electrons. The molecule has 0 amide bonds. The van der Waals surface area contributed by atoms with Gasteiger partial charge < -0.3 is 9.64 Å². The van der Waals surface area contributed by atoms with Crippen LogP contribution in [-0.4, -0.2) is 26.2 Å². The average Bonchev–Trinajstić information content (AvgIpc) is 0.822. The lowest BCUT2D eigenvalue weighted by Crippen LogP contribution is -2.11. The van der Waals surface area contributed by atoms with Gasteiger partial charge in [0.05, 0.1) is 7.11 Å². The van der Waals surface area contributed by atoms with Gasteiger partial charge in [-0.2, -0.15) is 0 Å². The minimum atomic E-state index is 0.208. The number of pyridine rings is 1. The summed E-state index contributed by atoms with van der Waals surface area (Å²) in [6.07, 6.45) is 12.6. The Morgan fingerprint density at radius 3 is 1.19 bits per heavy atom. The van der Waals surface area contributed by atoms with Crippen molar-refractivity contribution in [1.29, 1.82) is 0 Å². The average molecular weight is 1350 g/mol. The van der Waals surface area contributed by atoms with Crippen molar-refractivity contribution in [3.8, 4) is 5.75 Å². The molecule has 15 rings (SSSR count). The predicted octanol–water partition coefficient (Wildman–Crippen LogP) is 28.3. The number of benzene rings is 12. The fraction of sp³-hybridized carbons (Fsp3) is 0.343. The third kappa shape index (κ3) is 20.0. The minimum Gasteiger partial charge on any atom is -0.497 e. The fourth-order valence-corrected chi connectivity index (χ4v) is 16.0. The van der Waals surface area contributed by atoms with Crippen LogP contribution in [0.15, 0.2) is 206 Å². The Hall–Kier alpha value is -9.05. The van der Waals surface area contributed by atoms with E-state index in [1.165, 1.54) is 200 Å². The molecule has 0 spiro atoms. The van der Waals surface area contributed by atoms with E-state index in [1.54, 1.807) is 18.2 Å². The van der Waals surface area contributed by atoms with Gasteiger partial charge in [-0.15, -0.1) is 0 Å². The van der Waals surface area contributed by atoms with Crippen LogP contribution in [0.2, 0.25) is 0 Å².